The molecule has 0 radical (unpaired) electrons. The van der Waals surface area contributed by atoms with Crippen LogP contribution in [0.5, 0.6) is 0 Å². The van der Waals surface area contributed by atoms with E-state index >= 15 is 0 Å². The second kappa shape index (κ2) is 10.4. The average Bonchev–Trinajstić information content (AvgIpc) is 2.58. The Morgan fingerprint density at radius 3 is 2.42 bits per heavy atom. The molecule has 0 aromatic heterocycles. The van der Waals surface area contributed by atoms with E-state index < -0.39 is 49.9 Å². The van der Waals surface area contributed by atoms with E-state index in [2.05, 4.69) is 4.74 Å². The number of hydrogen-bond acceptors (Lipinski definition) is 8. The van der Waals surface area contributed by atoms with Crippen molar-refractivity contribution in [2.45, 2.75) is 37.3 Å². The van der Waals surface area contributed by atoms with E-state index in [-0.39, 0.29) is 37.6 Å². The molecule has 130 valence electrons. The summed E-state index contributed by atoms with van der Waals surface area (Å²) in [4.78, 5) is 11.1. The van der Waals surface area contributed by atoms with Gasteiger partial charge >= 0.3 is 35.5 Å². The molecule has 1 aromatic rings. The van der Waals surface area contributed by atoms with Crippen LogP contribution in [0.3, 0.4) is 0 Å². The molecule has 2 rings (SSSR count). The first-order valence-electron chi connectivity index (χ1n) is 7.15. The molecular weight excluding hydrogens is 331 g/mol. The Balaban J connectivity index is 0.00000288. The van der Waals surface area contributed by atoms with Crippen LogP contribution in [-0.4, -0.2) is 70.3 Å². The molecule has 0 spiro atoms. The van der Waals surface area contributed by atoms with Gasteiger partial charge in [0.05, 0.1) is 13.2 Å². The molecule has 0 aliphatic carbocycles. The van der Waals surface area contributed by atoms with E-state index in [0.717, 1.165) is 5.56 Å². The van der Waals surface area contributed by atoms with Crippen LogP contribution in [0.2, 0.25) is 0 Å². The van der Waals surface area contributed by atoms with Crippen LogP contribution in [0.4, 0.5) is 0 Å². The fourth-order valence-corrected chi connectivity index (χ4v) is 2.29. The maximum atomic E-state index is 11.1. The summed E-state index contributed by atoms with van der Waals surface area (Å²) in [6, 6.07) is 9.16. The zero-order valence-electron chi connectivity index (χ0n) is 14.3. The Labute approximate surface area is 162 Å². The number of rotatable bonds is 6. The van der Waals surface area contributed by atoms with Crippen molar-refractivity contribution >= 4 is 5.97 Å². The summed E-state index contributed by atoms with van der Waals surface area (Å²) in [5, 5.41) is 38.2. The summed E-state index contributed by atoms with van der Waals surface area (Å²) in [5.41, 5.74) is 0.847. The Morgan fingerprint density at radius 2 is 1.83 bits per heavy atom. The minimum Gasteiger partial charge on any atom is -1.00 e. The third-order valence-electron chi connectivity index (χ3n) is 3.48. The van der Waals surface area contributed by atoms with Crippen LogP contribution in [0.25, 0.3) is 0 Å². The molecule has 8 nitrogen and oxygen atoms in total. The van der Waals surface area contributed by atoms with E-state index in [4.69, 9.17) is 14.6 Å². The van der Waals surface area contributed by atoms with Gasteiger partial charge in [0.15, 0.2) is 0 Å². The van der Waals surface area contributed by atoms with Crippen molar-refractivity contribution in [3.8, 4) is 0 Å². The number of benzene rings is 1. The standard InChI is InChI=1S/C15H20O8.Na.H/c16-6-10-14(21-8-9-4-2-1-3-5-9)12(19)13(20)15(22-10)23-11(18)7-17;;/h1-5,10,12-17,19-20H,6-8H2;;/q;+1;-1/t10-,12-,13-,14-,15+;;/m1../s1. The molecule has 1 aliphatic heterocycles. The van der Waals surface area contributed by atoms with Crippen molar-refractivity contribution in [2.24, 2.45) is 0 Å². The van der Waals surface area contributed by atoms with Gasteiger partial charge in [-0.3, -0.25) is 0 Å². The molecule has 24 heavy (non-hydrogen) atoms. The van der Waals surface area contributed by atoms with Crippen molar-refractivity contribution in [1.82, 2.24) is 0 Å². The molecule has 0 saturated carbocycles. The molecule has 4 N–H and O–H groups in total. The largest absolute Gasteiger partial charge is 1.00 e. The van der Waals surface area contributed by atoms with Crippen molar-refractivity contribution < 1.29 is 70.4 Å². The molecule has 1 fully saturated rings. The van der Waals surface area contributed by atoms with Gasteiger partial charge in [0.2, 0.25) is 6.29 Å². The molecule has 0 amide bonds. The second-order valence-electron chi connectivity index (χ2n) is 5.12. The summed E-state index contributed by atoms with van der Waals surface area (Å²) >= 11 is 0. The summed E-state index contributed by atoms with van der Waals surface area (Å²) in [6.07, 6.45) is -6.47. The molecule has 1 aromatic carbocycles. The number of aliphatic hydroxyl groups excluding tert-OH is 4. The second-order valence-corrected chi connectivity index (χ2v) is 5.12. The van der Waals surface area contributed by atoms with E-state index in [0.29, 0.717) is 0 Å². The molecule has 1 heterocycles. The SMILES string of the molecule is O=C(CO)O[C@@H]1O[C@H](CO)[C@@H](OCc2ccccc2)[C@H](O)[C@H]1O.[H-].[Na+]. The van der Waals surface area contributed by atoms with Crippen LogP contribution >= 0.6 is 0 Å². The van der Waals surface area contributed by atoms with Gasteiger partial charge in [-0.25, -0.2) is 4.79 Å². The van der Waals surface area contributed by atoms with Crippen LogP contribution in [0.1, 0.15) is 6.99 Å². The topological polar surface area (TPSA) is 126 Å². The fraction of sp³-hybridized carbons (Fsp3) is 0.533. The molecule has 0 unspecified atom stereocenters. The van der Waals surface area contributed by atoms with Gasteiger partial charge in [-0.05, 0) is 5.56 Å². The van der Waals surface area contributed by atoms with Gasteiger partial charge < -0.3 is 36.1 Å². The summed E-state index contributed by atoms with van der Waals surface area (Å²) in [5.74, 6) is -1.01. The van der Waals surface area contributed by atoms with Crippen molar-refractivity contribution in [1.29, 1.82) is 0 Å². The summed E-state index contributed by atoms with van der Waals surface area (Å²) in [7, 11) is 0. The molecular formula is C15H21NaO8. The fourth-order valence-electron chi connectivity index (χ4n) is 2.29. The number of aliphatic hydroxyl groups is 4. The predicted molar refractivity (Wildman–Crippen MR) is 77.1 cm³/mol. The van der Waals surface area contributed by atoms with Crippen molar-refractivity contribution in [3.05, 3.63) is 35.9 Å². The Kier molecular flexibility index (Phi) is 9.35. The zero-order valence-corrected chi connectivity index (χ0v) is 15.3. The van der Waals surface area contributed by atoms with E-state index in [1.165, 1.54) is 0 Å². The van der Waals surface area contributed by atoms with Gasteiger partial charge in [-0.2, -0.15) is 0 Å². The van der Waals surface area contributed by atoms with Gasteiger partial charge in [0, 0.05) is 0 Å². The Morgan fingerprint density at radius 1 is 1.17 bits per heavy atom. The quantitative estimate of drug-likeness (QED) is 0.299. The molecule has 1 aliphatic rings. The smallest absolute Gasteiger partial charge is 1.00 e. The number of hydrogen-bond donors (Lipinski definition) is 4. The first kappa shape index (κ1) is 21.5. The van der Waals surface area contributed by atoms with Crippen LogP contribution in [-0.2, 0) is 25.6 Å². The van der Waals surface area contributed by atoms with Crippen LogP contribution < -0.4 is 29.6 Å². The molecule has 9 heteroatoms. The first-order valence-corrected chi connectivity index (χ1v) is 7.15. The Hall–Kier alpha value is -0.550. The van der Waals surface area contributed by atoms with Gasteiger partial charge in [0.1, 0.15) is 31.0 Å². The summed E-state index contributed by atoms with van der Waals surface area (Å²) in [6.45, 7) is -1.24. The molecule has 1 saturated heterocycles. The van der Waals surface area contributed by atoms with Gasteiger partial charge in [-0.15, -0.1) is 0 Å². The maximum absolute atomic E-state index is 11.1. The normalized spacial score (nSPS) is 29.6. The number of ether oxygens (including phenoxy) is 3. The monoisotopic (exact) mass is 352 g/mol. The van der Waals surface area contributed by atoms with Gasteiger partial charge in [0.25, 0.3) is 0 Å². The predicted octanol–water partition coefficient (Wildman–Crippen LogP) is -4.34. The van der Waals surface area contributed by atoms with Crippen LogP contribution in [0, 0.1) is 0 Å². The van der Waals surface area contributed by atoms with E-state index in [1.807, 2.05) is 30.3 Å². The first-order chi connectivity index (χ1) is 11.1. The average molecular weight is 352 g/mol. The molecule has 0 bridgehead atoms. The third-order valence-corrected chi connectivity index (χ3v) is 3.48. The molecule has 5 atom stereocenters. The minimum atomic E-state index is -1.56. The Bertz CT molecular complexity index is 504. The number of carbonyl (C=O) groups excluding carboxylic acids is 1. The van der Waals surface area contributed by atoms with Gasteiger partial charge in [-0.1, -0.05) is 30.3 Å². The number of carbonyl (C=O) groups is 1. The van der Waals surface area contributed by atoms with Crippen LogP contribution in [0.15, 0.2) is 30.3 Å². The van der Waals surface area contributed by atoms with E-state index in [1.54, 1.807) is 0 Å². The zero-order chi connectivity index (χ0) is 16.8. The van der Waals surface area contributed by atoms with Crippen molar-refractivity contribution in [3.63, 3.8) is 0 Å². The third kappa shape index (κ3) is 5.48. The van der Waals surface area contributed by atoms with Crippen molar-refractivity contribution in [2.75, 3.05) is 13.2 Å². The maximum Gasteiger partial charge on any atom is 1.00 e. The van der Waals surface area contributed by atoms with E-state index in [9.17, 15) is 20.1 Å². The summed E-state index contributed by atoms with van der Waals surface area (Å²) < 4.78 is 15.5. The number of esters is 1. The minimum absolute atomic E-state index is 0.